The number of benzene rings is 3. The first kappa shape index (κ1) is 19.2. The number of carbonyl (C=O) groups excluding carboxylic acids is 1. The van der Waals surface area contributed by atoms with Gasteiger partial charge in [0.25, 0.3) is 0 Å². The van der Waals surface area contributed by atoms with Gasteiger partial charge >= 0.3 is 0 Å². The highest BCUT2D eigenvalue weighted by Gasteiger charge is 2.35. The molecule has 4 aromatic rings. The number of fused-ring (bicyclic) bond motifs is 1. The van der Waals surface area contributed by atoms with E-state index in [9.17, 15) is 4.79 Å². The molecule has 4 nitrogen and oxygen atoms in total. The molecule has 0 spiro atoms. The van der Waals surface area contributed by atoms with E-state index in [1.165, 1.54) is 0 Å². The first-order valence-corrected chi connectivity index (χ1v) is 10.6. The highest BCUT2D eigenvalue weighted by molar-refractivity contribution is 6.36. The van der Waals surface area contributed by atoms with E-state index in [1.807, 2.05) is 77.7 Å². The third-order valence-corrected chi connectivity index (χ3v) is 6.33. The predicted octanol–water partition coefficient (Wildman–Crippen LogP) is 5.91. The molecular formula is C24H19Cl2N3O. The van der Waals surface area contributed by atoms with Gasteiger partial charge in [0.1, 0.15) is 5.82 Å². The number of amides is 1. The molecular weight excluding hydrogens is 417 g/mol. The molecule has 1 fully saturated rings. The molecule has 1 saturated heterocycles. The monoisotopic (exact) mass is 435 g/mol. The van der Waals surface area contributed by atoms with E-state index in [0.717, 1.165) is 28.1 Å². The van der Waals surface area contributed by atoms with Crippen LogP contribution in [0, 0.1) is 0 Å². The van der Waals surface area contributed by atoms with Gasteiger partial charge in [0.15, 0.2) is 0 Å². The summed E-state index contributed by atoms with van der Waals surface area (Å²) in [6, 6.07) is 23.3. The molecule has 0 saturated carbocycles. The van der Waals surface area contributed by atoms with Gasteiger partial charge in [0.2, 0.25) is 5.91 Å². The molecule has 6 heteroatoms. The van der Waals surface area contributed by atoms with Crippen molar-refractivity contribution >= 4 is 45.8 Å². The van der Waals surface area contributed by atoms with Crippen LogP contribution in [0.5, 0.6) is 0 Å². The summed E-state index contributed by atoms with van der Waals surface area (Å²) in [6.45, 7) is 1.10. The molecule has 1 aliphatic rings. The highest BCUT2D eigenvalue weighted by atomic mass is 35.5. The van der Waals surface area contributed by atoms with Crippen LogP contribution < -0.4 is 4.90 Å². The number of hydrogen-bond donors (Lipinski definition) is 0. The molecule has 5 rings (SSSR count). The van der Waals surface area contributed by atoms with Crippen molar-refractivity contribution in [2.24, 2.45) is 0 Å². The summed E-state index contributed by atoms with van der Waals surface area (Å²) in [7, 11) is 0. The van der Waals surface area contributed by atoms with Gasteiger partial charge in [-0.05, 0) is 36.4 Å². The van der Waals surface area contributed by atoms with Crippen molar-refractivity contribution in [3.63, 3.8) is 0 Å². The van der Waals surface area contributed by atoms with E-state index < -0.39 is 0 Å². The van der Waals surface area contributed by atoms with Crippen LogP contribution in [0.25, 0.3) is 11.0 Å². The second-order valence-corrected chi connectivity index (χ2v) is 8.30. The third kappa shape index (κ3) is 3.36. The van der Waals surface area contributed by atoms with Crippen LogP contribution in [0.3, 0.4) is 0 Å². The normalized spacial score (nSPS) is 16.5. The first-order chi connectivity index (χ1) is 14.6. The van der Waals surface area contributed by atoms with Crippen molar-refractivity contribution in [1.29, 1.82) is 0 Å². The molecule has 0 radical (unpaired) electrons. The van der Waals surface area contributed by atoms with Gasteiger partial charge in [0, 0.05) is 40.2 Å². The van der Waals surface area contributed by atoms with E-state index in [1.54, 1.807) is 0 Å². The molecule has 1 aliphatic heterocycles. The smallest absolute Gasteiger partial charge is 0.227 e. The summed E-state index contributed by atoms with van der Waals surface area (Å²) in [5, 5.41) is 1.25. The number of halogens is 2. The summed E-state index contributed by atoms with van der Waals surface area (Å²) in [4.78, 5) is 19.6. The maximum atomic E-state index is 12.8. The Labute approximate surface area is 184 Å². The van der Waals surface area contributed by atoms with Crippen LogP contribution in [0.15, 0.2) is 72.8 Å². The minimum atomic E-state index is -0.00799. The third-order valence-electron chi connectivity index (χ3n) is 5.62. The van der Waals surface area contributed by atoms with Crippen LogP contribution >= 0.6 is 23.2 Å². The number of nitrogens with zero attached hydrogens (tertiary/aromatic N) is 3. The Morgan fingerprint density at radius 3 is 2.37 bits per heavy atom. The van der Waals surface area contributed by atoms with E-state index in [2.05, 4.69) is 4.57 Å². The van der Waals surface area contributed by atoms with Gasteiger partial charge in [0.05, 0.1) is 17.6 Å². The number of imidazole rings is 1. The SMILES string of the molecule is O=C1C[C@H](c2nc3ccccc3n2Cc2c(Cl)cccc2Cl)CN1c1ccccc1. The Bertz CT molecular complexity index is 1220. The van der Waals surface area contributed by atoms with Gasteiger partial charge in [-0.15, -0.1) is 0 Å². The van der Waals surface area contributed by atoms with Crippen LogP contribution in [0.2, 0.25) is 10.0 Å². The number of hydrogen-bond acceptors (Lipinski definition) is 2. The largest absolute Gasteiger partial charge is 0.323 e. The van der Waals surface area contributed by atoms with E-state index in [0.29, 0.717) is 29.6 Å². The zero-order valence-electron chi connectivity index (χ0n) is 16.1. The lowest BCUT2D eigenvalue weighted by Crippen LogP contribution is -2.24. The van der Waals surface area contributed by atoms with Crippen molar-refractivity contribution in [3.05, 3.63) is 94.2 Å². The van der Waals surface area contributed by atoms with E-state index in [-0.39, 0.29) is 11.8 Å². The molecule has 1 amide bonds. The summed E-state index contributed by atoms with van der Waals surface area (Å²) in [5.74, 6) is 0.992. The summed E-state index contributed by atoms with van der Waals surface area (Å²) in [5.41, 5.74) is 3.69. The molecule has 3 aromatic carbocycles. The minimum Gasteiger partial charge on any atom is -0.323 e. The summed E-state index contributed by atoms with van der Waals surface area (Å²) >= 11 is 12.9. The summed E-state index contributed by atoms with van der Waals surface area (Å²) < 4.78 is 2.15. The Kier molecular flexibility index (Phi) is 4.97. The first-order valence-electron chi connectivity index (χ1n) is 9.85. The molecule has 0 aliphatic carbocycles. The van der Waals surface area contributed by atoms with Gasteiger partial charge in [-0.2, -0.15) is 0 Å². The Balaban J connectivity index is 1.57. The quantitative estimate of drug-likeness (QED) is 0.399. The van der Waals surface area contributed by atoms with E-state index in [4.69, 9.17) is 28.2 Å². The Hall–Kier alpha value is -2.82. The fraction of sp³-hybridized carbons (Fsp3) is 0.167. The maximum absolute atomic E-state index is 12.8. The minimum absolute atomic E-state index is 0.00799. The molecule has 0 N–H and O–H groups in total. The van der Waals surface area contributed by atoms with Crippen molar-refractivity contribution in [2.75, 3.05) is 11.4 Å². The molecule has 0 bridgehead atoms. The maximum Gasteiger partial charge on any atom is 0.227 e. The lowest BCUT2D eigenvalue weighted by atomic mass is 10.1. The average Bonchev–Trinajstić information content (AvgIpc) is 3.32. The molecule has 0 unspecified atom stereocenters. The predicted molar refractivity (Wildman–Crippen MR) is 121 cm³/mol. The lowest BCUT2D eigenvalue weighted by Gasteiger charge is -2.18. The number of aromatic nitrogens is 2. The number of para-hydroxylation sites is 3. The van der Waals surface area contributed by atoms with Gasteiger partial charge in [-0.25, -0.2) is 4.98 Å². The lowest BCUT2D eigenvalue weighted by molar-refractivity contribution is -0.117. The molecule has 150 valence electrons. The molecule has 30 heavy (non-hydrogen) atoms. The van der Waals surface area contributed by atoms with Crippen LogP contribution in [-0.4, -0.2) is 22.0 Å². The summed E-state index contributed by atoms with van der Waals surface area (Å²) in [6.07, 6.45) is 0.425. The van der Waals surface area contributed by atoms with Crippen LogP contribution in [-0.2, 0) is 11.3 Å². The average molecular weight is 436 g/mol. The van der Waals surface area contributed by atoms with Gasteiger partial charge in [-0.1, -0.05) is 59.6 Å². The Morgan fingerprint density at radius 1 is 0.900 bits per heavy atom. The van der Waals surface area contributed by atoms with Crippen molar-refractivity contribution in [2.45, 2.75) is 18.9 Å². The topological polar surface area (TPSA) is 38.1 Å². The van der Waals surface area contributed by atoms with Crippen molar-refractivity contribution in [1.82, 2.24) is 9.55 Å². The zero-order valence-corrected chi connectivity index (χ0v) is 17.6. The number of carbonyl (C=O) groups is 1. The second-order valence-electron chi connectivity index (χ2n) is 7.49. The van der Waals surface area contributed by atoms with Crippen LogP contribution in [0.1, 0.15) is 23.7 Å². The molecule has 2 heterocycles. The van der Waals surface area contributed by atoms with Gasteiger partial charge in [-0.3, -0.25) is 4.79 Å². The fourth-order valence-corrected chi connectivity index (χ4v) is 4.67. The number of anilines is 1. The van der Waals surface area contributed by atoms with Crippen LogP contribution in [0.4, 0.5) is 5.69 Å². The molecule has 1 aromatic heterocycles. The van der Waals surface area contributed by atoms with Crippen molar-refractivity contribution in [3.8, 4) is 0 Å². The number of rotatable bonds is 4. The Morgan fingerprint density at radius 2 is 1.60 bits per heavy atom. The fourth-order valence-electron chi connectivity index (χ4n) is 4.15. The van der Waals surface area contributed by atoms with E-state index >= 15 is 0 Å². The van der Waals surface area contributed by atoms with Gasteiger partial charge < -0.3 is 9.47 Å². The van der Waals surface area contributed by atoms with Crippen molar-refractivity contribution < 1.29 is 4.79 Å². The zero-order chi connectivity index (χ0) is 20.7. The second kappa shape index (κ2) is 7.78. The molecule has 1 atom stereocenters. The highest BCUT2D eigenvalue weighted by Crippen LogP contribution is 2.35. The standard InChI is InChI=1S/C24H19Cl2N3O/c25-19-9-6-10-20(26)18(19)15-29-22-12-5-4-11-21(22)27-24(29)16-13-23(30)28(14-16)17-7-2-1-3-8-17/h1-12,16H,13-15H2/t16-/m0/s1.